The number of hydrogen-bond donors (Lipinski definition) is 0. The molecule has 126 valence electrons. The lowest BCUT2D eigenvalue weighted by atomic mass is 10.1. The zero-order valence-corrected chi connectivity index (χ0v) is 13.7. The Morgan fingerprint density at radius 3 is 2.52 bits per heavy atom. The average Bonchev–Trinajstić information content (AvgIpc) is 3.13. The first kappa shape index (κ1) is 16.7. The summed E-state index contributed by atoms with van der Waals surface area (Å²) in [4.78, 5) is 24.9. The van der Waals surface area contributed by atoms with E-state index in [1.165, 1.54) is 29.4 Å². The van der Waals surface area contributed by atoms with Gasteiger partial charge in [0, 0.05) is 17.3 Å². The van der Waals surface area contributed by atoms with Gasteiger partial charge in [0.25, 0.3) is 11.6 Å². The molecule has 7 heteroatoms. The fourth-order valence-corrected chi connectivity index (χ4v) is 2.57. The van der Waals surface area contributed by atoms with Gasteiger partial charge < -0.3 is 9.32 Å². The molecule has 6 nitrogen and oxygen atoms in total. The minimum Gasteiger partial charge on any atom is -0.467 e. The number of carbonyl (C=O) groups is 1. The van der Waals surface area contributed by atoms with Gasteiger partial charge in [0.1, 0.15) is 10.8 Å². The number of carbonyl (C=O) groups excluding carboxylic acids is 1. The maximum Gasteiger partial charge on any atom is 0.288 e. The predicted octanol–water partition coefficient (Wildman–Crippen LogP) is 4.69. The molecule has 1 amide bonds. The molecule has 0 aliphatic carbocycles. The zero-order valence-electron chi connectivity index (χ0n) is 13.0. The molecule has 0 radical (unpaired) electrons. The SMILES string of the molecule is O=C(c1ccc(Cl)c([N+](=O)[O-])c1)N(Cc1ccco1)c1ccccc1. The van der Waals surface area contributed by atoms with E-state index in [1.807, 2.05) is 18.2 Å². The molecule has 0 bridgehead atoms. The molecule has 1 heterocycles. The van der Waals surface area contributed by atoms with Crippen molar-refractivity contribution in [3.8, 4) is 0 Å². The van der Waals surface area contributed by atoms with Crippen LogP contribution in [0.4, 0.5) is 11.4 Å². The number of benzene rings is 2. The van der Waals surface area contributed by atoms with Crippen LogP contribution in [0.3, 0.4) is 0 Å². The molecule has 0 unspecified atom stereocenters. The van der Waals surface area contributed by atoms with Gasteiger partial charge in [0.05, 0.1) is 17.7 Å². The van der Waals surface area contributed by atoms with Gasteiger partial charge in [-0.2, -0.15) is 0 Å². The Morgan fingerprint density at radius 2 is 1.88 bits per heavy atom. The highest BCUT2D eigenvalue weighted by molar-refractivity contribution is 6.32. The van der Waals surface area contributed by atoms with E-state index in [0.29, 0.717) is 11.4 Å². The number of nitro groups is 1. The largest absolute Gasteiger partial charge is 0.467 e. The van der Waals surface area contributed by atoms with Gasteiger partial charge in [0.15, 0.2) is 0 Å². The predicted molar refractivity (Wildman–Crippen MR) is 93.8 cm³/mol. The lowest BCUT2D eigenvalue weighted by molar-refractivity contribution is -0.384. The van der Waals surface area contributed by atoms with Crippen LogP contribution in [0.2, 0.25) is 5.02 Å². The second-order valence-corrected chi connectivity index (χ2v) is 5.64. The van der Waals surface area contributed by atoms with Crippen molar-refractivity contribution in [1.29, 1.82) is 0 Å². The molecule has 0 N–H and O–H groups in total. The Morgan fingerprint density at radius 1 is 1.12 bits per heavy atom. The number of para-hydroxylation sites is 1. The topological polar surface area (TPSA) is 76.6 Å². The Balaban J connectivity index is 1.99. The summed E-state index contributed by atoms with van der Waals surface area (Å²) in [5, 5.41) is 11.1. The van der Waals surface area contributed by atoms with E-state index in [4.69, 9.17) is 16.0 Å². The van der Waals surface area contributed by atoms with Crippen LogP contribution in [-0.4, -0.2) is 10.8 Å². The van der Waals surface area contributed by atoms with E-state index >= 15 is 0 Å². The van der Waals surface area contributed by atoms with Crippen molar-refractivity contribution in [2.75, 3.05) is 4.90 Å². The molecule has 0 saturated carbocycles. The molecule has 3 aromatic rings. The summed E-state index contributed by atoms with van der Waals surface area (Å²) in [6.45, 7) is 0.201. The Kier molecular flexibility index (Phi) is 4.81. The van der Waals surface area contributed by atoms with Crippen molar-refractivity contribution in [1.82, 2.24) is 0 Å². The van der Waals surface area contributed by atoms with E-state index in [9.17, 15) is 14.9 Å². The van der Waals surface area contributed by atoms with Crippen LogP contribution in [0.5, 0.6) is 0 Å². The first-order valence-corrected chi connectivity index (χ1v) is 7.77. The molecule has 0 saturated heterocycles. The monoisotopic (exact) mass is 356 g/mol. The molecule has 1 aromatic heterocycles. The zero-order chi connectivity index (χ0) is 17.8. The summed E-state index contributed by atoms with van der Waals surface area (Å²) in [5.41, 5.74) is 0.520. The maximum absolute atomic E-state index is 13.0. The summed E-state index contributed by atoms with van der Waals surface area (Å²) >= 11 is 5.83. The standard InChI is InChI=1S/C18H13ClN2O4/c19-16-9-8-13(11-17(16)21(23)24)18(22)20(12-15-7-4-10-25-15)14-5-2-1-3-6-14/h1-11H,12H2. The smallest absolute Gasteiger partial charge is 0.288 e. The van der Waals surface area contributed by atoms with E-state index in [-0.39, 0.29) is 28.7 Å². The van der Waals surface area contributed by atoms with Crippen molar-refractivity contribution < 1.29 is 14.1 Å². The second-order valence-electron chi connectivity index (χ2n) is 5.23. The van der Waals surface area contributed by atoms with E-state index in [0.717, 1.165) is 0 Å². The van der Waals surface area contributed by atoms with E-state index in [2.05, 4.69) is 0 Å². The highest BCUT2D eigenvalue weighted by Crippen LogP contribution is 2.27. The van der Waals surface area contributed by atoms with Crippen molar-refractivity contribution in [3.05, 3.63) is 93.4 Å². The fourth-order valence-electron chi connectivity index (χ4n) is 2.39. The third-order valence-corrected chi connectivity index (χ3v) is 3.92. The second kappa shape index (κ2) is 7.19. The Hall–Kier alpha value is -3.12. The number of hydrogen-bond acceptors (Lipinski definition) is 4. The molecule has 0 aliphatic heterocycles. The molecule has 0 fully saturated rings. The van der Waals surface area contributed by atoms with Crippen molar-refractivity contribution in [2.24, 2.45) is 0 Å². The van der Waals surface area contributed by atoms with Gasteiger partial charge in [-0.3, -0.25) is 14.9 Å². The molecule has 0 atom stereocenters. The quantitative estimate of drug-likeness (QED) is 0.491. The van der Waals surface area contributed by atoms with Gasteiger partial charge in [0.2, 0.25) is 0 Å². The van der Waals surface area contributed by atoms with Crippen LogP contribution >= 0.6 is 11.6 Å². The molecule has 0 aliphatic rings. The van der Waals surface area contributed by atoms with Crippen LogP contribution in [-0.2, 0) is 6.54 Å². The fraction of sp³-hybridized carbons (Fsp3) is 0.0556. The Labute approximate surface area is 148 Å². The lowest BCUT2D eigenvalue weighted by Gasteiger charge is -2.22. The normalized spacial score (nSPS) is 10.4. The maximum atomic E-state index is 13.0. The van der Waals surface area contributed by atoms with Crippen LogP contribution in [0, 0.1) is 10.1 Å². The number of amides is 1. The summed E-state index contributed by atoms with van der Waals surface area (Å²) in [6, 6.07) is 16.5. The number of halogens is 1. The third kappa shape index (κ3) is 3.70. The first-order valence-electron chi connectivity index (χ1n) is 7.39. The van der Waals surface area contributed by atoms with Crippen LogP contribution < -0.4 is 4.90 Å². The average molecular weight is 357 g/mol. The molecule has 25 heavy (non-hydrogen) atoms. The van der Waals surface area contributed by atoms with Gasteiger partial charge in [-0.15, -0.1) is 0 Å². The van der Waals surface area contributed by atoms with Crippen molar-refractivity contribution in [2.45, 2.75) is 6.54 Å². The van der Waals surface area contributed by atoms with Crippen molar-refractivity contribution >= 4 is 28.9 Å². The number of anilines is 1. The van der Waals surface area contributed by atoms with Crippen LogP contribution in [0.25, 0.3) is 0 Å². The van der Waals surface area contributed by atoms with Crippen LogP contribution in [0.15, 0.2) is 71.3 Å². The minimum atomic E-state index is -0.613. The summed E-state index contributed by atoms with van der Waals surface area (Å²) < 4.78 is 5.33. The molecular formula is C18H13ClN2O4. The number of nitrogens with zero attached hydrogens (tertiary/aromatic N) is 2. The van der Waals surface area contributed by atoms with Gasteiger partial charge in [-0.25, -0.2) is 0 Å². The minimum absolute atomic E-state index is 0.0150. The Bertz CT molecular complexity index is 895. The van der Waals surface area contributed by atoms with Crippen LogP contribution in [0.1, 0.15) is 16.1 Å². The number of rotatable bonds is 5. The van der Waals surface area contributed by atoms with Gasteiger partial charge >= 0.3 is 0 Å². The lowest BCUT2D eigenvalue weighted by Crippen LogP contribution is -2.30. The van der Waals surface area contributed by atoms with Gasteiger partial charge in [-0.05, 0) is 36.4 Å². The highest BCUT2D eigenvalue weighted by atomic mass is 35.5. The molecule has 3 rings (SSSR count). The molecular weight excluding hydrogens is 344 g/mol. The number of nitro benzene ring substituents is 1. The molecule has 0 spiro atoms. The summed E-state index contributed by atoms with van der Waals surface area (Å²) in [5.74, 6) is 0.211. The molecule has 2 aromatic carbocycles. The first-order chi connectivity index (χ1) is 12.1. The third-order valence-electron chi connectivity index (χ3n) is 3.60. The summed E-state index contributed by atoms with van der Waals surface area (Å²) in [6.07, 6.45) is 1.52. The van der Waals surface area contributed by atoms with Gasteiger partial charge in [-0.1, -0.05) is 29.8 Å². The highest BCUT2D eigenvalue weighted by Gasteiger charge is 2.22. The van der Waals surface area contributed by atoms with E-state index < -0.39 is 4.92 Å². The number of furan rings is 1. The van der Waals surface area contributed by atoms with E-state index in [1.54, 1.807) is 24.3 Å². The van der Waals surface area contributed by atoms with Crippen molar-refractivity contribution in [3.63, 3.8) is 0 Å². The summed E-state index contributed by atoms with van der Waals surface area (Å²) in [7, 11) is 0.